The lowest BCUT2D eigenvalue weighted by Crippen LogP contribution is -2.49. The van der Waals surface area contributed by atoms with E-state index in [4.69, 9.17) is 9.47 Å². The molecule has 0 aromatic heterocycles. The summed E-state index contributed by atoms with van der Waals surface area (Å²) in [6.07, 6.45) is 10.0. The van der Waals surface area contributed by atoms with Crippen molar-refractivity contribution < 1.29 is 9.47 Å². The Hall–Kier alpha value is -0.940. The normalized spacial score (nSPS) is 19.1. The highest BCUT2D eigenvalue weighted by Crippen LogP contribution is 2.17. The molecule has 26 heavy (non-hydrogen) atoms. The van der Waals surface area contributed by atoms with Crippen LogP contribution in [0, 0.1) is 0 Å². The highest BCUT2D eigenvalue weighted by Gasteiger charge is 2.26. The van der Waals surface area contributed by atoms with Crippen LogP contribution >= 0.6 is 0 Å². The number of hydrazine groups is 1. The van der Waals surface area contributed by atoms with Gasteiger partial charge in [-0.25, -0.2) is 5.01 Å². The van der Waals surface area contributed by atoms with Gasteiger partial charge in [-0.2, -0.15) is 0 Å². The summed E-state index contributed by atoms with van der Waals surface area (Å²) in [5.41, 5.74) is 5.05. The van der Waals surface area contributed by atoms with Gasteiger partial charge in [-0.1, -0.05) is 62.9 Å². The number of nitrogens with zero attached hydrogens (tertiary/aromatic N) is 1. The summed E-state index contributed by atoms with van der Waals surface area (Å²) < 4.78 is 11.3. The minimum absolute atomic E-state index is 0.500. The van der Waals surface area contributed by atoms with Crippen LogP contribution < -0.4 is 5.43 Å². The maximum Gasteiger partial charge on any atom is 0.0716 e. The third-order valence-corrected chi connectivity index (χ3v) is 5.21. The molecule has 1 fully saturated rings. The topological polar surface area (TPSA) is 33.7 Å². The van der Waals surface area contributed by atoms with Crippen LogP contribution in [0.4, 0.5) is 0 Å². The number of unbranched alkanes of at least 4 members (excludes halogenated alkanes) is 3. The lowest BCUT2D eigenvalue weighted by molar-refractivity contribution is 0.0548. The van der Waals surface area contributed by atoms with E-state index in [2.05, 4.69) is 41.6 Å². The summed E-state index contributed by atoms with van der Waals surface area (Å²) in [6, 6.07) is 11.5. The number of hydrogen-bond donors (Lipinski definition) is 1. The first-order chi connectivity index (χ1) is 12.8. The molecule has 0 spiro atoms. The van der Waals surface area contributed by atoms with Crippen LogP contribution in [0.25, 0.3) is 0 Å². The average molecular weight is 363 g/mol. The zero-order valence-corrected chi connectivity index (χ0v) is 16.8. The molecule has 0 unspecified atom stereocenters. The molecule has 2 rings (SSSR count). The number of benzene rings is 1. The van der Waals surface area contributed by atoms with Gasteiger partial charge in [0.2, 0.25) is 0 Å². The molecule has 1 N–H and O–H groups in total. The number of methoxy groups -OCH3 is 1. The van der Waals surface area contributed by atoms with Crippen LogP contribution in [0.1, 0.15) is 63.9 Å². The molecule has 4 heteroatoms. The van der Waals surface area contributed by atoms with Gasteiger partial charge < -0.3 is 9.47 Å². The average Bonchev–Trinajstić information content (AvgIpc) is 3.10. The molecule has 2 atom stereocenters. The van der Waals surface area contributed by atoms with Crippen molar-refractivity contribution in [1.82, 2.24) is 10.4 Å². The molecule has 1 aliphatic heterocycles. The number of hydrogen-bond acceptors (Lipinski definition) is 4. The van der Waals surface area contributed by atoms with Crippen LogP contribution in [0.3, 0.4) is 0 Å². The van der Waals surface area contributed by atoms with Gasteiger partial charge in [0.05, 0.1) is 13.2 Å². The van der Waals surface area contributed by atoms with Gasteiger partial charge in [-0.05, 0) is 31.2 Å². The van der Waals surface area contributed by atoms with Crippen LogP contribution in [-0.4, -0.2) is 44.0 Å². The molecular formula is C22H38N2O2. The molecule has 0 radical (unpaired) electrons. The molecule has 1 saturated heterocycles. The Balaban J connectivity index is 1.74. The summed E-state index contributed by atoms with van der Waals surface area (Å²) in [6.45, 7) is 5.74. The third kappa shape index (κ3) is 8.17. The van der Waals surface area contributed by atoms with Crippen molar-refractivity contribution in [2.75, 3.05) is 26.9 Å². The lowest BCUT2D eigenvalue weighted by atomic mass is 10.1. The Kier molecular flexibility index (Phi) is 10.9. The van der Waals surface area contributed by atoms with Crippen LogP contribution in [-0.2, 0) is 16.1 Å². The van der Waals surface area contributed by atoms with E-state index in [1.54, 1.807) is 7.11 Å². The van der Waals surface area contributed by atoms with Gasteiger partial charge in [0.25, 0.3) is 0 Å². The number of nitrogens with one attached hydrogen (secondary N) is 1. The van der Waals surface area contributed by atoms with Gasteiger partial charge in [0.15, 0.2) is 0 Å². The molecule has 148 valence electrons. The minimum atomic E-state index is 0.500. The quantitative estimate of drug-likeness (QED) is 0.492. The Morgan fingerprint density at radius 2 is 2.00 bits per heavy atom. The van der Waals surface area contributed by atoms with Crippen molar-refractivity contribution >= 4 is 0 Å². The zero-order valence-electron chi connectivity index (χ0n) is 16.8. The first-order valence-electron chi connectivity index (χ1n) is 10.5. The van der Waals surface area contributed by atoms with E-state index in [1.807, 2.05) is 6.07 Å². The van der Waals surface area contributed by atoms with E-state index in [0.29, 0.717) is 18.7 Å². The first kappa shape index (κ1) is 21.4. The summed E-state index contributed by atoms with van der Waals surface area (Å²) in [4.78, 5) is 0. The smallest absolute Gasteiger partial charge is 0.0716 e. The van der Waals surface area contributed by atoms with Gasteiger partial charge in [0, 0.05) is 32.3 Å². The molecule has 1 aromatic carbocycles. The summed E-state index contributed by atoms with van der Waals surface area (Å²) in [7, 11) is 1.80. The van der Waals surface area contributed by atoms with Gasteiger partial charge in [-0.15, -0.1) is 0 Å². The van der Waals surface area contributed by atoms with Crippen molar-refractivity contribution in [3.8, 4) is 0 Å². The molecule has 1 heterocycles. The molecular weight excluding hydrogens is 324 g/mol. The van der Waals surface area contributed by atoms with Gasteiger partial charge in [0.1, 0.15) is 0 Å². The predicted octanol–water partition coefficient (Wildman–Crippen LogP) is 4.55. The monoisotopic (exact) mass is 362 g/mol. The van der Waals surface area contributed by atoms with Crippen LogP contribution in [0.15, 0.2) is 30.3 Å². The second-order valence-electron chi connectivity index (χ2n) is 7.45. The standard InChI is InChI=1S/C22H38N2O2/c1-3-4-5-9-13-21(23-24-16-10-14-22(24)19-25-2)15-17-26-18-20-11-7-6-8-12-20/h6-8,11-12,21-23H,3-5,9-10,13-19H2,1-2H3/t21-,22+/m1/s1. The highest BCUT2D eigenvalue weighted by atomic mass is 16.5. The maximum atomic E-state index is 5.93. The molecule has 0 aliphatic carbocycles. The van der Waals surface area contributed by atoms with E-state index >= 15 is 0 Å². The minimum Gasteiger partial charge on any atom is -0.383 e. The summed E-state index contributed by atoms with van der Waals surface area (Å²) in [5, 5.41) is 2.42. The van der Waals surface area contributed by atoms with E-state index in [9.17, 15) is 0 Å². The van der Waals surface area contributed by atoms with Crippen molar-refractivity contribution in [3.05, 3.63) is 35.9 Å². The Morgan fingerprint density at radius 3 is 2.77 bits per heavy atom. The molecule has 1 aromatic rings. The fourth-order valence-electron chi connectivity index (χ4n) is 3.69. The zero-order chi connectivity index (χ0) is 18.5. The second kappa shape index (κ2) is 13.3. The second-order valence-corrected chi connectivity index (χ2v) is 7.45. The first-order valence-corrected chi connectivity index (χ1v) is 10.5. The predicted molar refractivity (Wildman–Crippen MR) is 108 cm³/mol. The molecule has 1 aliphatic rings. The van der Waals surface area contributed by atoms with Crippen LogP contribution in [0.2, 0.25) is 0 Å². The van der Waals surface area contributed by atoms with E-state index in [-0.39, 0.29) is 0 Å². The van der Waals surface area contributed by atoms with E-state index in [0.717, 1.165) is 26.2 Å². The van der Waals surface area contributed by atoms with Gasteiger partial charge >= 0.3 is 0 Å². The van der Waals surface area contributed by atoms with E-state index in [1.165, 1.54) is 50.5 Å². The molecule has 0 bridgehead atoms. The van der Waals surface area contributed by atoms with Crippen molar-refractivity contribution in [2.45, 2.75) is 77.0 Å². The van der Waals surface area contributed by atoms with E-state index < -0.39 is 0 Å². The molecule has 0 saturated carbocycles. The highest BCUT2D eigenvalue weighted by molar-refractivity contribution is 5.13. The lowest BCUT2D eigenvalue weighted by Gasteiger charge is -2.30. The molecule has 0 amide bonds. The Bertz CT molecular complexity index is 455. The van der Waals surface area contributed by atoms with Crippen molar-refractivity contribution in [2.24, 2.45) is 0 Å². The Morgan fingerprint density at radius 1 is 1.15 bits per heavy atom. The van der Waals surface area contributed by atoms with Crippen LogP contribution in [0.5, 0.6) is 0 Å². The van der Waals surface area contributed by atoms with Crippen molar-refractivity contribution in [1.29, 1.82) is 0 Å². The Labute approximate surface area is 160 Å². The number of rotatable bonds is 14. The van der Waals surface area contributed by atoms with Crippen molar-refractivity contribution in [3.63, 3.8) is 0 Å². The fourth-order valence-corrected chi connectivity index (χ4v) is 3.69. The third-order valence-electron chi connectivity index (χ3n) is 5.21. The molecule has 4 nitrogen and oxygen atoms in total. The fraction of sp³-hybridized carbons (Fsp3) is 0.727. The number of ether oxygens (including phenoxy) is 2. The maximum absolute atomic E-state index is 5.93. The summed E-state index contributed by atoms with van der Waals surface area (Å²) in [5.74, 6) is 0. The summed E-state index contributed by atoms with van der Waals surface area (Å²) >= 11 is 0. The largest absolute Gasteiger partial charge is 0.383 e. The van der Waals surface area contributed by atoms with Gasteiger partial charge in [-0.3, -0.25) is 5.43 Å². The SMILES string of the molecule is CCCCCC[C@H](CCOCc1ccccc1)NN1CCC[C@H]1COC.